The first-order chi connectivity index (χ1) is 15.9. The molecule has 1 aliphatic carbocycles. The number of hydrogen-bond acceptors (Lipinski definition) is 6. The van der Waals surface area contributed by atoms with E-state index in [0.29, 0.717) is 29.8 Å². The molecule has 2 aromatic rings. The average Bonchev–Trinajstić information content (AvgIpc) is 2.98. The molecule has 0 atom stereocenters. The minimum absolute atomic E-state index is 0.197. The normalized spacial score (nSPS) is 17.2. The minimum Gasteiger partial charge on any atom is -0.438 e. The standard InChI is InChI=1S/C24H25N5O4/c1-16-13-18(33-21-17(14-25)7-6-12-26-21)8-9-19(16)27-20(30)15-29-22(31)24(28(2)23(29)32)10-4-3-5-11-24/h6-9,12-13H,3-5,10-11,15H2,1-2H3,(H,27,30). The molecular weight excluding hydrogens is 422 g/mol. The molecule has 4 rings (SSSR count). The quantitative estimate of drug-likeness (QED) is 0.701. The highest BCUT2D eigenvalue weighted by Crippen LogP contribution is 2.39. The highest BCUT2D eigenvalue weighted by Gasteiger charge is 2.55. The highest BCUT2D eigenvalue weighted by atomic mass is 16.5. The van der Waals surface area contributed by atoms with Crippen LogP contribution in [0.5, 0.6) is 11.6 Å². The summed E-state index contributed by atoms with van der Waals surface area (Å²) in [4.78, 5) is 45.1. The van der Waals surface area contributed by atoms with Gasteiger partial charge in [-0.3, -0.25) is 14.5 Å². The predicted molar refractivity (Wildman–Crippen MR) is 120 cm³/mol. The molecule has 9 nitrogen and oxygen atoms in total. The number of rotatable bonds is 5. The fourth-order valence-corrected chi connectivity index (χ4v) is 4.51. The Labute approximate surface area is 192 Å². The molecule has 0 unspecified atom stereocenters. The molecule has 0 radical (unpaired) electrons. The van der Waals surface area contributed by atoms with Gasteiger partial charge in [0, 0.05) is 18.9 Å². The first-order valence-electron chi connectivity index (χ1n) is 10.9. The molecule has 2 fully saturated rings. The van der Waals surface area contributed by atoms with Crippen LogP contribution in [0.3, 0.4) is 0 Å². The maximum Gasteiger partial charge on any atom is 0.327 e. The number of amides is 4. The highest BCUT2D eigenvalue weighted by molar-refractivity contribution is 6.10. The van der Waals surface area contributed by atoms with Crippen LogP contribution in [0.25, 0.3) is 0 Å². The molecule has 170 valence electrons. The van der Waals surface area contributed by atoms with E-state index in [0.717, 1.165) is 29.7 Å². The molecule has 33 heavy (non-hydrogen) atoms. The summed E-state index contributed by atoms with van der Waals surface area (Å²) >= 11 is 0. The lowest BCUT2D eigenvalue weighted by molar-refractivity contribution is -0.136. The number of imide groups is 1. The van der Waals surface area contributed by atoms with Crippen molar-refractivity contribution >= 4 is 23.5 Å². The van der Waals surface area contributed by atoms with Crippen LogP contribution in [-0.4, -0.2) is 51.8 Å². The van der Waals surface area contributed by atoms with Crippen molar-refractivity contribution in [2.75, 3.05) is 18.9 Å². The minimum atomic E-state index is -0.807. The van der Waals surface area contributed by atoms with Crippen molar-refractivity contribution in [3.05, 3.63) is 47.7 Å². The topological polar surface area (TPSA) is 116 Å². The number of nitrogens with zero attached hydrogens (tertiary/aromatic N) is 4. The SMILES string of the molecule is Cc1cc(Oc2ncccc2C#N)ccc1NC(=O)CN1C(=O)N(C)C2(CCCCC2)C1=O. The third-order valence-electron chi connectivity index (χ3n) is 6.36. The number of nitrogens with one attached hydrogen (secondary N) is 1. The molecule has 1 aromatic carbocycles. The zero-order valence-electron chi connectivity index (χ0n) is 18.6. The number of urea groups is 1. The van der Waals surface area contributed by atoms with Crippen molar-refractivity contribution in [3.8, 4) is 17.7 Å². The first-order valence-corrected chi connectivity index (χ1v) is 10.9. The lowest BCUT2D eigenvalue weighted by Crippen LogP contribution is -2.49. The van der Waals surface area contributed by atoms with Crippen LogP contribution in [0.1, 0.15) is 43.2 Å². The zero-order valence-corrected chi connectivity index (χ0v) is 18.6. The number of anilines is 1. The Balaban J connectivity index is 1.43. The van der Waals surface area contributed by atoms with E-state index in [1.54, 1.807) is 44.3 Å². The lowest BCUT2D eigenvalue weighted by atomic mass is 9.81. The summed E-state index contributed by atoms with van der Waals surface area (Å²) in [6.07, 6.45) is 5.64. The molecule has 1 spiro atoms. The summed E-state index contributed by atoms with van der Waals surface area (Å²) in [6.45, 7) is 1.46. The number of likely N-dealkylation sites (N-methyl/N-ethyl adjacent to an activating group) is 1. The van der Waals surface area contributed by atoms with Crippen LogP contribution in [0.2, 0.25) is 0 Å². The van der Waals surface area contributed by atoms with Crippen molar-refractivity contribution < 1.29 is 19.1 Å². The molecule has 2 aliphatic rings. The zero-order chi connectivity index (χ0) is 23.6. The monoisotopic (exact) mass is 447 g/mol. The number of hydrogen-bond donors (Lipinski definition) is 1. The number of ether oxygens (including phenoxy) is 1. The Bertz CT molecular complexity index is 1150. The molecule has 2 heterocycles. The number of carbonyl (C=O) groups excluding carboxylic acids is 3. The van der Waals surface area contributed by atoms with Gasteiger partial charge in [0.15, 0.2) is 0 Å². The summed E-state index contributed by atoms with van der Waals surface area (Å²) in [5.41, 5.74) is 0.760. The van der Waals surface area contributed by atoms with Crippen LogP contribution >= 0.6 is 0 Å². The van der Waals surface area contributed by atoms with Crippen molar-refractivity contribution in [2.24, 2.45) is 0 Å². The summed E-state index contributed by atoms with van der Waals surface area (Å²) in [5.74, 6) is -0.0744. The van der Waals surface area contributed by atoms with Gasteiger partial charge in [-0.25, -0.2) is 9.78 Å². The Kier molecular flexibility index (Phi) is 6.01. The number of nitriles is 1. The summed E-state index contributed by atoms with van der Waals surface area (Å²) in [7, 11) is 1.64. The van der Waals surface area contributed by atoms with Gasteiger partial charge in [-0.1, -0.05) is 19.3 Å². The average molecular weight is 447 g/mol. The van der Waals surface area contributed by atoms with Gasteiger partial charge < -0.3 is 15.0 Å². The van der Waals surface area contributed by atoms with Gasteiger partial charge in [0.2, 0.25) is 11.8 Å². The number of aryl methyl sites for hydroxylation is 1. The molecule has 1 aromatic heterocycles. The molecule has 1 N–H and O–H groups in total. The van der Waals surface area contributed by atoms with Crippen LogP contribution < -0.4 is 10.1 Å². The fraction of sp³-hybridized carbons (Fsp3) is 0.375. The second-order valence-corrected chi connectivity index (χ2v) is 8.42. The maximum atomic E-state index is 13.1. The predicted octanol–water partition coefficient (Wildman–Crippen LogP) is 3.59. The largest absolute Gasteiger partial charge is 0.438 e. The van der Waals surface area contributed by atoms with E-state index in [2.05, 4.69) is 10.3 Å². The van der Waals surface area contributed by atoms with Crippen LogP contribution in [0.15, 0.2) is 36.5 Å². The van der Waals surface area contributed by atoms with E-state index in [-0.39, 0.29) is 18.3 Å². The third kappa shape index (κ3) is 4.12. The number of benzene rings is 1. The molecule has 0 bridgehead atoms. The van der Waals surface area contributed by atoms with Gasteiger partial charge in [0.1, 0.15) is 29.5 Å². The van der Waals surface area contributed by atoms with E-state index in [1.165, 1.54) is 11.1 Å². The molecule has 4 amide bonds. The fourth-order valence-electron chi connectivity index (χ4n) is 4.51. The van der Waals surface area contributed by atoms with E-state index in [4.69, 9.17) is 4.74 Å². The third-order valence-corrected chi connectivity index (χ3v) is 6.36. The summed E-state index contributed by atoms with van der Waals surface area (Å²) < 4.78 is 5.70. The van der Waals surface area contributed by atoms with Gasteiger partial charge in [0.05, 0.1) is 0 Å². The second-order valence-electron chi connectivity index (χ2n) is 8.42. The molecule has 1 saturated carbocycles. The van der Waals surface area contributed by atoms with Crippen molar-refractivity contribution in [2.45, 2.75) is 44.6 Å². The van der Waals surface area contributed by atoms with E-state index in [1.807, 2.05) is 6.07 Å². The van der Waals surface area contributed by atoms with Gasteiger partial charge in [-0.2, -0.15) is 5.26 Å². The van der Waals surface area contributed by atoms with Gasteiger partial charge in [-0.05, 0) is 55.7 Å². The van der Waals surface area contributed by atoms with Crippen molar-refractivity contribution in [3.63, 3.8) is 0 Å². The summed E-state index contributed by atoms with van der Waals surface area (Å²) in [5, 5.41) is 11.9. The van der Waals surface area contributed by atoms with Crippen molar-refractivity contribution in [1.29, 1.82) is 5.26 Å². The molecule has 1 aliphatic heterocycles. The van der Waals surface area contributed by atoms with Crippen LogP contribution in [0.4, 0.5) is 10.5 Å². The van der Waals surface area contributed by atoms with E-state index < -0.39 is 17.5 Å². The lowest BCUT2D eigenvalue weighted by Gasteiger charge is -2.35. The Morgan fingerprint density at radius 3 is 2.70 bits per heavy atom. The van der Waals surface area contributed by atoms with E-state index in [9.17, 15) is 19.6 Å². The number of pyridine rings is 1. The van der Waals surface area contributed by atoms with Crippen LogP contribution in [-0.2, 0) is 9.59 Å². The summed E-state index contributed by atoms with van der Waals surface area (Å²) in [6, 6.07) is 9.88. The Hall–Kier alpha value is -3.93. The van der Waals surface area contributed by atoms with Crippen LogP contribution in [0, 0.1) is 18.3 Å². The van der Waals surface area contributed by atoms with Gasteiger partial charge >= 0.3 is 6.03 Å². The van der Waals surface area contributed by atoms with Gasteiger partial charge in [0.25, 0.3) is 5.91 Å². The first kappa shape index (κ1) is 22.3. The smallest absolute Gasteiger partial charge is 0.327 e. The van der Waals surface area contributed by atoms with Gasteiger partial charge in [-0.15, -0.1) is 0 Å². The number of aromatic nitrogens is 1. The molecular formula is C24H25N5O4. The molecule has 1 saturated heterocycles. The molecule has 9 heteroatoms. The Morgan fingerprint density at radius 1 is 1.24 bits per heavy atom. The van der Waals surface area contributed by atoms with E-state index >= 15 is 0 Å². The maximum absolute atomic E-state index is 13.1. The Morgan fingerprint density at radius 2 is 2.00 bits per heavy atom. The second kappa shape index (κ2) is 8.90. The van der Waals surface area contributed by atoms with Crippen molar-refractivity contribution in [1.82, 2.24) is 14.8 Å². The number of carbonyl (C=O) groups is 3.